The zero-order chi connectivity index (χ0) is 16.4. The van der Waals surface area contributed by atoms with Crippen LogP contribution in [0, 0.1) is 6.92 Å². The number of aryl methyl sites for hydroxylation is 1. The summed E-state index contributed by atoms with van der Waals surface area (Å²) in [5.41, 5.74) is 7.87. The summed E-state index contributed by atoms with van der Waals surface area (Å²) in [6, 6.07) is 14.0. The first-order valence-electron chi connectivity index (χ1n) is 8.91. The van der Waals surface area contributed by atoms with Gasteiger partial charge in [-0.05, 0) is 74.0 Å². The fraction of sp³-hybridized carbons (Fsp3) is 0.333. The molecule has 3 nitrogen and oxygen atoms in total. The van der Waals surface area contributed by atoms with Crippen LogP contribution in [0.4, 0.5) is 5.69 Å². The first-order valence-corrected chi connectivity index (χ1v) is 8.91. The van der Waals surface area contributed by atoms with E-state index in [4.69, 9.17) is 0 Å². The second-order valence-electron chi connectivity index (χ2n) is 6.84. The number of hydrogen-bond donors (Lipinski definition) is 3. The number of benzene rings is 2. The molecular weight excluding hydrogens is 294 g/mol. The molecule has 0 aromatic heterocycles. The standard InChI is InChI=1S/C21H25N3/c1-15-3-2-4-16(11-15)18-12-17-5-8-23-14-20(17)21(13-18)24-19-6-9-22-10-7-19/h2-5,8,11-13,19,22-24H,6-7,9-10,14H2,1H3. The zero-order valence-electron chi connectivity index (χ0n) is 14.2. The van der Waals surface area contributed by atoms with Crippen molar-refractivity contribution in [3.8, 4) is 11.1 Å². The Balaban J connectivity index is 1.73. The lowest BCUT2D eigenvalue weighted by Gasteiger charge is -2.28. The number of anilines is 1. The normalized spacial score (nSPS) is 17.2. The van der Waals surface area contributed by atoms with E-state index in [-0.39, 0.29) is 0 Å². The molecule has 1 saturated heterocycles. The Bertz CT molecular complexity index is 758. The van der Waals surface area contributed by atoms with Crippen LogP contribution in [-0.2, 0) is 6.54 Å². The lowest BCUT2D eigenvalue weighted by molar-refractivity contribution is 0.479. The Morgan fingerprint density at radius 1 is 1.04 bits per heavy atom. The number of nitrogens with one attached hydrogen (secondary N) is 3. The molecule has 1 fully saturated rings. The fourth-order valence-corrected chi connectivity index (χ4v) is 3.66. The average Bonchev–Trinajstić information content (AvgIpc) is 2.62. The molecule has 3 N–H and O–H groups in total. The smallest absolute Gasteiger partial charge is 0.0421 e. The van der Waals surface area contributed by atoms with E-state index in [1.807, 2.05) is 0 Å². The summed E-state index contributed by atoms with van der Waals surface area (Å²) in [5, 5.41) is 10.6. The maximum absolute atomic E-state index is 3.82. The summed E-state index contributed by atoms with van der Waals surface area (Å²) in [7, 11) is 0. The highest BCUT2D eigenvalue weighted by molar-refractivity contribution is 5.77. The third-order valence-corrected chi connectivity index (χ3v) is 4.99. The van der Waals surface area contributed by atoms with Crippen molar-refractivity contribution >= 4 is 11.8 Å². The van der Waals surface area contributed by atoms with E-state index in [2.05, 4.69) is 71.5 Å². The van der Waals surface area contributed by atoms with Crippen molar-refractivity contribution < 1.29 is 0 Å². The van der Waals surface area contributed by atoms with Crippen LogP contribution in [0.25, 0.3) is 17.2 Å². The first kappa shape index (κ1) is 15.3. The van der Waals surface area contributed by atoms with Gasteiger partial charge in [-0.2, -0.15) is 0 Å². The number of piperidine rings is 1. The van der Waals surface area contributed by atoms with Crippen LogP contribution in [0.2, 0.25) is 0 Å². The maximum atomic E-state index is 3.82. The van der Waals surface area contributed by atoms with E-state index in [0.29, 0.717) is 6.04 Å². The van der Waals surface area contributed by atoms with Crippen molar-refractivity contribution in [1.82, 2.24) is 10.6 Å². The Labute approximate surface area is 144 Å². The van der Waals surface area contributed by atoms with Crippen LogP contribution in [0.1, 0.15) is 29.5 Å². The van der Waals surface area contributed by atoms with Gasteiger partial charge in [-0.3, -0.25) is 0 Å². The summed E-state index contributed by atoms with van der Waals surface area (Å²) in [4.78, 5) is 0. The van der Waals surface area contributed by atoms with Gasteiger partial charge in [-0.1, -0.05) is 29.8 Å². The summed E-state index contributed by atoms with van der Waals surface area (Å²) in [6.07, 6.45) is 6.61. The van der Waals surface area contributed by atoms with Crippen molar-refractivity contribution in [3.63, 3.8) is 0 Å². The predicted molar refractivity (Wildman–Crippen MR) is 102 cm³/mol. The van der Waals surface area contributed by atoms with Gasteiger partial charge in [0.2, 0.25) is 0 Å². The molecule has 0 atom stereocenters. The van der Waals surface area contributed by atoms with Gasteiger partial charge in [0.25, 0.3) is 0 Å². The zero-order valence-corrected chi connectivity index (χ0v) is 14.2. The summed E-state index contributed by atoms with van der Waals surface area (Å²) in [5.74, 6) is 0. The monoisotopic (exact) mass is 319 g/mol. The van der Waals surface area contributed by atoms with Crippen LogP contribution in [0.3, 0.4) is 0 Å². The minimum Gasteiger partial charge on any atom is -0.387 e. The second-order valence-corrected chi connectivity index (χ2v) is 6.84. The van der Waals surface area contributed by atoms with Gasteiger partial charge in [0.15, 0.2) is 0 Å². The van der Waals surface area contributed by atoms with E-state index in [9.17, 15) is 0 Å². The van der Waals surface area contributed by atoms with Gasteiger partial charge in [0.05, 0.1) is 0 Å². The van der Waals surface area contributed by atoms with E-state index >= 15 is 0 Å². The van der Waals surface area contributed by atoms with Crippen LogP contribution in [0.5, 0.6) is 0 Å². The highest BCUT2D eigenvalue weighted by atomic mass is 15.0. The highest BCUT2D eigenvalue weighted by Gasteiger charge is 2.17. The molecule has 24 heavy (non-hydrogen) atoms. The van der Waals surface area contributed by atoms with Crippen molar-refractivity contribution in [1.29, 1.82) is 0 Å². The Morgan fingerprint density at radius 2 is 1.92 bits per heavy atom. The molecule has 0 aliphatic carbocycles. The van der Waals surface area contributed by atoms with E-state index in [0.717, 1.165) is 19.6 Å². The Kier molecular flexibility index (Phi) is 4.26. The molecule has 2 aromatic carbocycles. The van der Waals surface area contributed by atoms with Crippen molar-refractivity contribution in [3.05, 3.63) is 59.3 Å². The van der Waals surface area contributed by atoms with Gasteiger partial charge in [-0.15, -0.1) is 0 Å². The lowest BCUT2D eigenvalue weighted by atomic mass is 9.94. The van der Waals surface area contributed by atoms with Crippen molar-refractivity contribution in [2.24, 2.45) is 0 Å². The third-order valence-electron chi connectivity index (χ3n) is 4.99. The second kappa shape index (κ2) is 6.70. The Hall–Kier alpha value is -2.26. The molecule has 0 bridgehead atoms. The van der Waals surface area contributed by atoms with Crippen LogP contribution >= 0.6 is 0 Å². The number of rotatable bonds is 3. The van der Waals surface area contributed by atoms with Gasteiger partial charge >= 0.3 is 0 Å². The molecule has 2 heterocycles. The maximum Gasteiger partial charge on any atom is 0.0421 e. The molecule has 0 unspecified atom stereocenters. The van der Waals surface area contributed by atoms with Gasteiger partial charge in [-0.25, -0.2) is 0 Å². The molecule has 2 aliphatic rings. The molecule has 2 aromatic rings. The predicted octanol–water partition coefficient (Wildman–Crippen LogP) is 3.90. The summed E-state index contributed by atoms with van der Waals surface area (Å²) in [6.45, 7) is 5.26. The van der Waals surface area contributed by atoms with E-state index in [1.165, 1.54) is 46.3 Å². The average molecular weight is 319 g/mol. The van der Waals surface area contributed by atoms with Gasteiger partial charge < -0.3 is 16.0 Å². The van der Waals surface area contributed by atoms with Gasteiger partial charge in [0.1, 0.15) is 0 Å². The molecule has 4 rings (SSSR count). The lowest BCUT2D eigenvalue weighted by Crippen LogP contribution is -2.35. The van der Waals surface area contributed by atoms with E-state index in [1.54, 1.807) is 0 Å². The summed E-state index contributed by atoms with van der Waals surface area (Å²) >= 11 is 0. The minimum absolute atomic E-state index is 0.564. The Morgan fingerprint density at radius 3 is 2.75 bits per heavy atom. The molecule has 0 saturated carbocycles. The van der Waals surface area contributed by atoms with Crippen molar-refractivity contribution in [2.45, 2.75) is 32.4 Å². The molecule has 2 aliphatic heterocycles. The largest absolute Gasteiger partial charge is 0.387 e. The van der Waals surface area contributed by atoms with E-state index < -0.39 is 0 Å². The highest BCUT2D eigenvalue weighted by Crippen LogP contribution is 2.32. The fourth-order valence-electron chi connectivity index (χ4n) is 3.66. The van der Waals surface area contributed by atoms with Gasteiger partial charge in [0, 0.05) is 23.8 Å². The molecule has 0 spiro atoms. The first-order chi connectivity index (χ1) is 11.8. The van der Waals surface area contributed by atoms with Crippen molar-refractivity contribution in [2.75, 3.05) is 18.4 Å². The minimum atomic E-state index is 0.564. The molecule has 0 amide bonds. The molecule has 0 radical (unpaired) electrons. The molecule has 124 valence electrons. The quantitative estimate of drug-likeness (QED) is 0.803. The van der Waals surface area contributed by atoms with Crippen LogP contribution in [-0.4, -0.2) is 19.1 Å². The molecule has 3 heteroatoms. The third kappa shape index (κ3) is 3.17. The number of fused-ring (bicyclic) bond motifs is 1. The number of hydrogen-bond acceptors (Lipinski definition) is 3. The van der Waals surface area contributed by atoms with Crippen LogP contribution in [0.15, 0.2) is 42.6 Å². The SMILES string of the molecule is Cc1cccc(-c2cc3c(c(NC4CCNCC4)c2)CNC=C3)c1. The topological polar surface area (TPSA) is 36.1 Å². The summed E-state index contributed by atoms with van der Waals surface area (Å²) < 4.78 is 0. The molecular formula is C21H25N3. The van der Waals surface area contributed by atoms with Crippen LogP contribution < -0.4 is 16.0 Å².